The van der Waals surface area contributed by atoms with Crippen molar-refractivity contribution in [2.45, 2.75) is 46.6 Å². The molecular formula is C12H25N. The fraction of sp³-hybridized carbons (Fsp3) is 0.833. The minimum Gasteiger partial charge on any atom is -0.328 e. The first-order valence-electron chi connectivity index (χ1n) is 5.41. The predicted molar refractivity (Wildman–Crippen MR) is 60.6 cm³/mol. The Labute approximate surface area is 83.4 Å². The molecule has 0 bridgehead atoms. The second-order valence-electron chi connectivity index (χ2n) is 4.34. The van der Waals surface area contributed by atoms with Crippen LogP contribution in [0.5, 0.6) is 0 Å². The summed E-state index contributed by atoms with van der Waals surface area (Å²) < 4.78 is 0. The van der Waals surface area contributed by atoms with Gasteiger partial charge in [-0.25, -0.2) is 0 Å². The number of allylic oxidation sites excluding steroid dienone is 1. The van der Waals surface area contributed by atoms with Crippen LogP contribution in [-0.2, 0) is 0 Å². The van der Waals surface area contributed by atoms with E-state index >= 15 is 0 Å². The third-order valence-electron chi connectivity index (χ3n) is 3.14. The fourth-order valence-electron chi connectivity index (χ4n) is 1.87. The normalized spacial score (nSPS) is 20.4. The molecule has 4 atom stereocenters. The average Bonchev–Trinajstić information content (AvgIpc) is 2.11. The molecule has 2 N–H and O–H groups in total. The third kappa shape index (κ3) is 4.47. The van der Waals surface area contributed by atoms with Gasteiger partial charge in [0.2, 0.25) is 0 Å². The van der Waals surface area contributed by atoms with E-state index < -0.39 is 0 Å². The summed E-state index contributed by atoms with van der Waals surface area (Å²) in [5, 5.41) is 0. The van der Waals surface area contributed by atoms with Gasteiger partial charge in [-0.15, -0.1) is 6.58 Å². The van der Waals surface area contributed by atoms with Crippen molar-refractivity contribution in [3.63, 3.8) is 0 Å². The summed E-state index contributed by atoms with van der Waals surface area (Å²) in [4.78, 5) is 0. The van der Waals surface area contributed by atoms with E-state index in [1.807, 2.05) is 0 Å². The van der Waals surface area contributed by atoms with E-state index in [1.165, 1.54) is 6.42 Å². The van der Waals surface area contributed by atoms with E-state index in [2.05, 4.69) is 40.3 Å². The van der Waals surface area contributed by atoms with Crippen molar-refractivity contribution in [1.29, 1.82) is 0 Å². The average molecular weight is 183 g/mol. The van der Waals surface area contributed by atoms with Crippen LogP contribution in [0.3, 0.4) is 0 Å². The largest absolute Gasteiger partial charge is 0.328 e. The Hall–Kier alpha value is -0.300. The zero-order valence-corrected chi connectivity index (χ0v) is 9.59. The standard InChI is InChI=1S/C12H25N/c1-6-9(3)11(5)12(7-2)8-10(4)13/h6,9-12H,1,7-8,13H2,2-5H3. The van der Waals surface area contributed by atoms with Crippen LogP contribution in [0.4, 0.5) is 0 Å². The molecule has 13 heavy (non-hydrogen) atoms. The lowest BCUT2D eigenvalue weighted by Gasteiger charge is -2.27. The monoisotopic (exact) mass is 183 g/mol. The predicted octanol–water partition coefficient (Wildman–Crippen LogP) is 3.21. The van der Waals surface area contributed by atoms with Crippen LogP contribution in [0.15, 0.2) is 12.7 Å². The Bertz CT molecular complexity index is 140. The number of nitrogens with two attached hydrogens (primary N) is 1. The highest BCUT2D eigenvalue weighted by molar-refractivity contribution is 4.83. The molecule has 0 saturated heterocycles. The van der Waals surface area contributed by atoms with Crippen LogP contribution in [0.1, 0.15) is 40.5 Å². The lowest BCUT2D eigenvalue weighted by atomic mass is 9.79. The number of hydrogen-bond donors (Lipinski definition) is 1. The molecule has 78 valence electrons. The molecule has 0 rings (SSSR count). The van der Waals surface area contributed by atoms with Crippen molar-refractivity contribution in [1.82, 2.24) is 0 Å². The summed E-state index contributed by atoms with van der Waals surface area (Å²) in [5.41, 5.74) is 5.82. The first kappa shape index (κ1) is 12.7. The maximum atomic E-state index is 5.82. The summed E-state index contributed by atoms with van der Waals surface area (Å²) in [5.74, 6) is 2.05. The van der Waals surface area contributed by atoms with Crippen LogP contribution < -0.4 is 5.73 Å². The third-order valence-corrected chi connectivity index (χ3v) is 3.14. The zero-order valence-electron chi connectivity index (χ0n) is 9.59. The topological polar surface area (TPSA) is 26.0 Å². The molecule has 0 fully saturated rings. The number of hydrogen-bond acceptors (Lipinski definition) is 1. The lowest BCUT2D eigenvalue weighted by molar-refractivity contribution is 0.262. The summed E-state index contributed by atoms with van der Waals surface area (Å²) in [6.07, 6.45) is 4.41. The van der Waals surface area contributed by atoms with Gasteiger partial charge in [-0.05, 0) is 31.1 Å². The van der Waals surface area contributed by atoms with Crippen LogP contribution in [0.2, 0.25) is 0 Å². The van der Waals surface area contributed by atoms with E-state index in [0.717, 1.165) is 12.3 Å². The van der Waals surface area contributed by atoms with E-state index in [4.69, 9.17) is 5.73 Å². The Morgan fingerprint density at radius 2 is 1.85 bits per heavy atom. The molecule has 0 aliphatic heterocycles. The Morgan fingerprint density at radius 3 is 2.15 bits per heavy atom. The Balaban J connectivity index is 4.13. The molecule has 0 aliphatic carbocycles. The van der Waals surface area contributed by atoms with Gasteiger partial charge in [-0.2, -0.15) is 0 Å². The molecule has 0 spiro atoms. The van der Waals surface area contributed by atoms with Gasteiger partial charge >= 0.3 is 0 Å². The first-order valence-corrected chi connectivity index (χ1v) is 5.41. The lowest BCUT2D eigenvalue weighted by Crippen LogP contribution is -2.25. The molecule has 1 heteroatoms. The van der Waals surface area contributed by atoms with E-state index in [1.54, 1.807) is 0 Å². The minimum atomic E-state index is 0.324. The van der Waals surface area contributed by atoms with Gasteiger partial charge in [0, 0.05) is 6.04 Å². The summed E-state index contributed by atoms with van der Waals surface area (Å²) in [7, 11) is 0. The summed E-state index contributed by atoms with van der Waals surface area (Å²) in [6, 6.07) is 0.324. The molecule has 0 radical (unpaired) electrons. The SMILES string of the molecule is C=CC(C)C(C)C(CC)CC(C)N. The van der Waals surface area contributed by atoms with Crippen molar-refractivity contribution in [3.8, 4) is 0 Å². The fourth-order valence-corrected chi connectivity index (χ4v) is 1.87. The van der Waals surface area contributed by atoms with Crippen LogP contribution in [0.25, 0.3) is 0 Å². The van der Waals surface area contributed by atoms with Crippen LogP contribution in [-0.4, -0.2) is 6.04 Å². The molecule has 0 aromatic carbocycles. The van der Waals surface area contributed by atoms with Gasteiger partial charge in [0.05, 0.1) is 0 Å². The second kappa shape index (κ2) is 6.20. The van der Waals surface area contributed by atoms with Crippen LogP contribution >= 0.6 is 0 Å². The molecule has 0 aromatic heterocycles. The van der Waals surface area contributed by atoms with E-state index in [9.17, 15) is 0 Å². The highest BCUT2D eigenvalue weighted by Crippen LogP contribution is 2.27. The number of rotatable bonds is 6. The van der Waals surface area contributed by atoms with Gasteiger partial charge in [0.15, 0.2) is 0 Å². The van der Waals surface area contributed by atoms with Crippen molar-refractivity contribution >= 4 is 0 Å². The second-order valence-corrected chi connectivity index (χ2v) is 4.34. The molecule has 4 unspecified atom stereocenters. The van der Waals surface area contributed by atoms with Crippen molar-refractivity contribution in [3.05, 3.63) is 12.7 Å². The maximum absolute atomic E-state index is 5.82. The van der Waals surface area contributed by atoms with Crippen molar-refractivity contribution < 1.29 is 0 Å². The van der Waals surface area contributed by atoms with Crippen LogP contribution in [0, 0.1) is 17.8 Å². The molecule has 0 amide bonds. The molecule has 0 saturated carbocycles. The minimum absolute atomic E-state index is 0.324. The quantitative estimate of drug-likeness (QED) is 0.629. The van der Waals surface area contributed by atoms with Gasteiger partial charge in [-0.3, -0.25) is 0 Å². The van der Waals surface area contributed by atoms with Gasteiger partial charge in [-0.1, -0.05) is 33.3 Å². The Morgan fingerprint density at radius 1 is 1.31 bits per heavy atom. The first-order chi connectivity index (χ1) is 6.02. The smallest absolute Gasteiger partial charge is 0.00132 e. The van der Waals surface area contributed by atoms with Gasteiger partial charge in [0.1, 0.15) is 0 Å². The van der Waals surface area contributed by atoms with Gasteiger partial charge in [0.25, 0.3) is 0 Å². The summed E-state index contributed by atoms with van der Waals surface area (Å²) >= 11 is 0. The molecular weight excluding hydrogens is 158 g/mol. The summed E-state index contributed by atoms with van der Waals surface area (Å²) in [6.45, 7) is 12.7. The molecule has 0 heterocycles. The van der Waals surface area contributed by atoms with E-state index in [-0.39, 0.29) is 0 Å². The molecule has 0 aliphatic rings. The zero-order chi connectivity index (χ0) is 10.4. The maximum Gasteiger partial charge on any atom is 0.00132 e. The van der Waals surface area contributed by atoms with Crippen molar-refractivity contribution in [2.24, 2.45) is 23.5 Å². The highest BCUT2D eigenvalue weighted by Gasteiger charge is 2.20. The van der Waals surface area contributed by atoms with E-state index in [0.29, 0.717) is 17.9 Å². The Kier molecular flexibility index (Phi) is 6.06. The van der Waals surface area contributed by atoms with Gasteiger partial charge < -0.3 is 5.73 Å². The highest BCUT2D eigenvalue weighted by atomic mass is 14.6. The molecule has 1 nitrogen and oxygen atoms in total. The van der Waals surface area contributed by atoms with Crippen molar-refractivity contribution in [2.75, 3.05) is 0 Å². The molecule has 0 aromatic rings.